The second-order valence-corrected chi connectivity index (χ2v) is 6.17. The maximum Gasteiger partial charge on any atom is 0.124 e. The second-order valence-electron chi connectivity index (χ2n) is 4.08. The Morgan fingerprint density at radius 2 is 2.11 bits per heavy atom. The standard InChI is InChI=1S/C13H14BrFN2S/c1-7-8(2)18-13(17-7)12(16-3)10-5-4-9(15)6-11(10)14/h4-6,12,16H,1-3H3. The van der Waals surface area contributed by atoms with Crippen LogP contribution in [0, 0.1) is 19.7 Å². The van der Waals surface area contributed by atoms with E-state index >= 15 is 0 Å². The molecular formula is C13H14BrFN2S. The summed E-state index contributed by atoms with van der Waals surface area (Å²) in [6.45, 7) is 4.06. The molecule has 96 valence electrons. The number of aromatic nitrogens is 1. The van der Waals surface area contributed by atoms with Crippen LogP contribution in [0.5, 0.6) is 0 Å². The fourth-order valence-corrected chi connectivity index (χ4v) is 3.40. The Hall–Kier alpha value is -0.780. The van der Waals surface area contributed by atoms with Gasteiger partial charge in [-0.25, -0.2) is 9.37 Å². The molecule has 0 saturated heterocycles. The molecule has 0 aliphatic carbocycles. The van der Waals surface area contributed by atoms with Crippen molar-refractivity contribution in [3.63, 3.8) is 0 Å². The van der Waals surface area contributed by atoms with Gasteiger partial charge in [0.2, 0.25) is 0 Å². The Bertz CT molecular complexity index is 549. The lowest BCUT2D eigenvalue weighted by atomic mass is 10.1. The van der Waals surface area contributed by atoms with E-state index in [-0.39, 0.29) is 11.9 Å². The van der Waals surface area contributed by atoms with Gasteiger partial charge in [0.1, 0.15) is 10.8 Å². The van der Waals surface area contributed by atoms with Crippen molar-refractivity contribution in [2.45, 2.75) is 19.9 Å². The van der Waals surface area contributed by atoms with Crippen LogP contribution in [0.25, 0.3) is 0 Å². The summed E-state index contributed by atoms with van der Waals surface area (Å²) >= 11 is 5.07. The van der Waals surface area contributed by atoms with E-state index in [1.807, 2.05) is 14.0 Å². The molecule has 1 unspecified atom stereocenters. The number of benzene rings is 1. The maximum atomic E-state index is 13.1. The van der Waals surface area contributed by atoms with Gasteiger partial charge in [0.05, 0.1) is 11.7 Å². The maximum absolute atomic E-state index is 13.1. The van der Waals surface area contributed by atoms with Crippen LogP contribution in [0.15, 0.2) is 22.7 Å². The normalized spacial score (nSPS) is 12.7. The molecular weight excluding hydrogens is 315 g/mol. The number of aryl methyl sites for hydroxylation is 2. The third kappa shape index (κ3) is 2.63. The minimum absolute atomic E-state index is 0.0163. The first-order valence-corrected chi connectivity index (χ1v) is 7.20. The zero-order chi connectivity index (χ0) is 13.3. The van der Waals surface area contributed by atoms with Crippen LogP contribution < -0.4 is 5.32 Å². The van der Waals surface area contributed by atoms with E-state index in [4.69, 9.17) is 0 Å². The van der Waals surface area contributed by atoms with E-state index < -0.39 is 0 Å². The highest BCUT2D eigenvalue weighted by molar-refractivity contribution is 9.10. The number of thiazole rings is 1. The van der Waals surface area contributed by atoms with Crippen molar-refractivity contribution in [1.29, 1.82) is 0 Å². The van der Waals surface area contributed by atoms with Crippen molar-refractivity contribution in [2.75, 3.05) is 7.05 Å². The summed E-state index contributed by atoms with van der Waals surface area (Å²) in [6.07, 6.45) is 0. The van der Waals surface area contributed by atoms with Crippen LogP contribution in [0.4, 0.5) is 4.39 Å². The summed E-state index contributed by atoms with van der Waals surface area (Å²) in [7, 11) is 1.88. The van der Waals surface area contributed by atoms with Gasteiger partial charge in [0.25, 0.3) is 0 Å². The van der Waals surface area contributed by atoms with Crippen LogP contribution in [0.2, 0.25) is 0 Å². The summed E-state index contributed by atoms with van der Waals surface area (Å²) < 4.78 is 13.9. The molecule has 1 aromatic carbocycles. The molecule has 0 amide bonds. The quantitative estimate of drug-likeness (QED) is 0.922. The number of halogens is 2. The van der Waals surface area contributed by atoms with E-state index in [2.05, 4.69) is 33.2 Å². The summed E-state index contributed by atoms with van der Waals surface area (Å²) in [5.41, 5.74) is 2.04. The number of hydrogen-bond acceptors (Lipinski definition) is 3. The first-order chi connectivity index (χ1) is 8.52. The van der Waals surface area contributed by atoms with E-state index in [0.29, 0.717) is 0 Å². The first-order valence-electron chi connectivity index (χ1n) is 5.59. The molecule has 0 aliphatic heterocycles. The van der Waals surface area contributed by atoms with Crippen molar-refractivity contribution in [3.05, 3.63) is 49.6 Å². The largest absolute Gasteiger partial charge is 0.307 e. The van der Waals surface area contributed by atoms with Crippen LogP contribution in [-0.2, 0) is 0 Å². The van der Waals surface area contributed by atoms with Crippen molar-refractivity contribution in [3.8, 4) is 0 Å². The lowest BCUT2D eigenvalue weighted by Gasteiger charge is -2.15. The highest BCUT2D eigenvalue weighted by atomic mass is 79.9. The van der Waals surface area contributed by atoms with Gasteiger partial charge in [-0.15, -0.1) is 11.3 Å². The number of hydrogen-bond donors (Lipinski definition) is 1. The molecule has 0 aliphatic rings. The predicted molar refractivity (Wildman–Crippen MR) is 76.6 cm³/mol. The Morgan fingerprint density at radius 1 is 1.39 bits per heavy atom. The molecule has 1 heterocycles. The number of nitrogens with zero attached hydrogens (tertiary/aromatic N) is 1. The molecule has 0 bridgehead atoms. The van der Waals surface area contributed by atoms with Crippen LogP contribution >= 0.6 is 27.3 Å². The lowest BCUT2D eigenvalue weighted by molar-refractivity contribution is 0.621. The van der Waals surface area contributed by atoms with E-state index in [0.717, 1.165) is 20.7 Å². The van der Waals surface area contributed by atoms with Gasteiger partial charge in [-0.3, -0.25) is 0 Å². The number of nitrogens with one attached hydrogen (secondary N) is 1. The molecule has 2 nitrogen and oxygen atoms in total. The number of rotatable bonds is 3. The van der Waals surface area contributed by atoms with Crippen molar-refractivity contribution < 1.29 is 4.39 Å². The minimum Gasteiger partial charge on any atom is -0.307 e. The topological polar surface area (TPSA) is 24.9 Å². The fourth-order valence-electron chi connectivity index (χ4n) is 1.77. The smallest absolute Gasteiger partial charge is 0.124 e. The van der Waals surface area contributed by atoms with E-state index in [9.17, 15) is 4.39 Å². The van der Waals surface area contributed by atoms with Gasteiger partial charge in [-0.1, -0.05) is 22.0 Å². The zero-order valence-corrected chi connectivity index (χ0v) is 12.8. The van der Waals surface area contributed by atoms with Gasteiger partial charge < -0.3 is 5.32 Å². The SMILES string of the molecule is CNC(c1nc(C)c(C)s1)c1ccc(F)cc1Br. The third-order valence-electron chi connectivity index (χ3n) is 2.85. The average molecular weight is 329 g/mol. The Balaban J connectivity index is 2.45. The molecule has 0 spiro atoms. The van der Waals surface area contributed by atoms with Gasteiger partial charge in [0, 0.05) is 9.35 Å². The third-order valence-corrected chi connectivity index (χ3v) is 4.68. The van der Waals surface area contributed by atoms with Crippen molar-refractivity contribution in [1.82, 2.24) is 10.3 Å². The summed E-state index contributed by atoms with van der Waals surface area (Å²) in [5, 5.41) is 4.23. The highest BCUT2D eigenvalue weighted by Gasteiger charge is 2.19. The predicted octanol–water partition coefficient (Wildman–Crippen LogP) is 3.97. The second kappa shape index (κ2) is 5.47. The van der Waals surface area contributed by atoms with Crippen LogP contribution in [0.3, 0.4) is 0 Å². The fraction of sp³-hybridized carbons (Fsp3) is 0.308. The minimum atomic E-state index is -0.244. The monoisotopic (exact) mass is 328 g/mol. The molecule has 0 radical (unpaired) electrons. The summed E-state index contributed by atoms with van der Waals surface area (Å²) in [6, 6.07) is 4.72. The molecule has 5 heteroatoms. The summed E-state index contributed by atoms with van der Waals surface area (Å²) in [5.74, 6) is -0.244. The highest BCUT2D eigenvalue weighted by Crippen LogP contribution is 2.32. The Morgan fingerprint density at radius 3 is 2.61 bits per heavy atom. The molecule has 2 aromatic rings. The van der Waals surface area contributed by atoms with E-state index in [1.54, 1.807) is 17.4 Å². The van der Waals surface area contributed by atoms with Crippen molar-refractivity contribution in [2.24, 2.45) is 0 Å². The van der Waals surface area contributed by atoms with Crippen LogP contribution in [0.1, 0.15) is 27.2 Å². The molecule has 1 atom stereocenters. The summed E-state index contributed by atoms with van der Waals surface area (Å²) in [4.78, 5) is 5.77. The van der Waals surface area contributed by atoms with E-state index in [1.165, 1.54) is 17.0 Å². The van der Waals surface area contributed by atoms with Gasteiger partial charge in [-0.05, 0) is 38.6 Å². The first kappa shape index (κ1) is 13.6. The Kier molecular flexibility index (Phi) is 4.14. The van der Waals surface area contributed by atoms with Crippen LogP contribution in [-0.4, -0.2) is 12.0 Å². The molecule has 1 aromatic heterocycles. The van der Waals surface area contributed by atoms with Crippen molar-refractivity contribution >= 4 is 27.3 Å². The van der Waals surface area contributed by atoms with Gasteiger partial charge in [0.15, 0.2) is 0 Å². The molecule has 2 rings (SSSR count). The van der Waals surface area contributed by atoms with Gasteiger partial charge in [-0.2, -0.15) is 0 Å². The van der Waals surface area contributed by atoms with Gasteiger partial charge >= 0.3 is 0 Å². The molecule has 1 N–H and O–H groups in total. The average Bonchev–Trinajstić information content (AvgIpc) is 2.63. The lowest BCUT2D eigenvalue weighted by Crippen LogP contribution is -2.18. The molecule has 0 saturated carbocycles. The Labute approximate surface area is 118 Å². The molecule has 0 fully saturated rings. The molecule has 18 heavy (non-hydrogen) atoms. The zero-order valence-electron chi connectivity index (χ0n) is 10.4.